The Labute approximate surface area is 95.4 Å². The number of benzene rings is 1. The fourth-order valence-corrected chi connectivity index (χ4v) is 2.02. The quantitative estimate of drug-likeness (QED) is 0.605. The number of halogens is 1. The zero-order valence-corrected chi connectivity index (χ0v) is 9.43. The maximum absolute atomic E-state index is 7.97. The monoisotopic (exact) mass is 222 g/mol. The highest BCUT2D eigenvalue weighted by Gasteiger charge is 2.14. The number of nitrogens with zero attached hydrogens (tertiary/aromatic N) is 1. The van der Waals surface area contributed by atoms with Crippen molar-refractivity contribution in [3.8, 4) is 0 Å². The maximum Gasteiger partial charge on any atom is 0.100 e. The zero-order chi connectivity index (χ0) is 10.7. The number of amidine groups is 1. The molecule has 0 radical (unpaired) electrons. The minimum absolute atomic E-state index is 0.719. The number of likely N-dealkylation sites (tertiary alicyclic amines) is 1. The highest BCUT2D eigenvalue weighted by atomic mass is 35.5. The fraction of sp³-hybridized carbons (Fsp3) is 0.417. The lowest BCUT2D eigenvalue weighted by molar-refractivity contribution is 0.507. The van der Waals surface area contributed by atoms with Gasteiger partial charge in [0.25, 0.3) is 0 Å². The Morgan fingerprint density at radius 1 is 1.20 bits per heavy atom. The molecule has 1 heterocycles. The van der Waals surface area contributed by atoms with Crippen LogP contribution in [0.1, 0.15) is 18.4 Å². The van der Waals surface area contributed by atoms with E-state index in [0.29, 0.717) is 0 Å². The molecule has 80 valence electrons. The van der Waals surface area contributed by atoms with E-state index in [1.165, 1.54) is 12.8 Å². The van der Waals surface area contributed by atoms with Crippen LogP contribution in [0, 0.1) is 5.41 Å². The largest absolute Gasteiger partial charge is 0.360 e. The minimum Gasteiger partial charge on any atom is -0.360 e. The third kappa shape index (κ3) is 2.72. The van der Waals surface area contributed by atoms with E-state index in [4.69, 9.17) is 17.0 Å². The zero-order valence-electron chi connectivity index (χ0n) is 8.67. The van der Waals surface area contributed by atoms with Crippen molar-refractivity contribution in [1.82, 2.24) is 4.90 Å². The van der Waals surface area contributed by atoms with Crippen molar-refractivity contribution in [2.75, 3.05) is 13.1 Å². The molecule has 15 heavy (non-hydrogen) atoms. The van der Waals surface area contributed by atoms with E-state index in [1.807, 2.05) is 24.3 Å². The van der Waals surface area contributed by atoms with E-state index in [-0.39, 0.29) is 0 Å². The molecule has 0 atom stereocenters. The van der Waals surface area contributed by atoms with Crippen molar-refractivity contribution in [3.63, 3.8) is 0 Å². The van der Waals surface area contributed by atoms with Crippen LogP contribution in [-0.2, 0) is 6.42 Å². The summed E-state index contributed by atoms with van der Waals surface area (Å²) in [5.74, 6) is 0.731. The van der Waals surface area contributed by atoms with Gasteiger partial charge in [-0.05, 0) is 30.5 Å². The predicted octanol–water partition coefficient (Wildman–Crippen LogP) is 2.96. The molecule has 1 aliphatic rings. The lowest BCUT2D eigenvalue weighted by Crippen LogP contribution is -2.28. The number of hydrogen-bond acceptors (Lipinski definition) is 1. The van der Waals surface area contributed by atoms with Gasteiger partial charge in [-0.3, -0.25) is 5.41 Å². The van der Waals surface area contributed by atoms with Gasteiger partial charge in [-0.2, -0.15) is 0 Å². The van der Waals surface area contributed by atoms with Gasteiger partial charge in [0.05, 0.1) is 0 Å². The summed E-state index contributed by atoms with van der Waals surface area (Å²) >= 11 is 5.81. The highest BCUT2D eigenvalue weighted by molar-refractivity contribution is 6.30. The summed E-state index contributed by atoms with van der Waals surface area (Å²) in [6, 6.07) is 7.75. The molecule has 1 N–H and O–H groups in total. The van der Waals surface area contributed by atoms with Crippen molar-refractivity contribution < 1.29 is 0 Å². The molecule has 0 saturated carbocycles. The number of rotatable bonds is 2. The molecule has 0 aromatic heterocycles. The normalized spacial score (nSPS) is 15.7. The van der Waals surface area contributed by atoms with Crippen LogP contribution in [0.3, 0.4) is 0 Å². The van der Waals surface area contributed by atoms with E-state index >= 15 is 0 Å². The Morgan fingerprint density at radius 3 is 2.40 bits per heavy atom. The Bertz CT molecular complexity index is 339. The van der Waals surface area contributed by atoms with E-state index in [1.54, 1.807) is 0 Å². The Balaban J connectivity index is 1.96. The molecule has 1 aliphatic heterocycles. The first-order valence-corrected chi connectivity index (χ1v) is 5.70. The second kappa shape index (κ2) is 4.67. The summed E-state index contributed by atoms with van der Waals surface area (Å²) in [7, 11) is 0. The van der Waals surface area contributed by atoms with Gasteiger partial charge in [0.15, 0.2) is 0 Å². The molecule has 1 saturated heterocycles. The van der Waals surface area contributed by atoms with Crippen LogP contribution >= 0.6 is 11.6 Å². The summed E-state index contributed by atoms with van der Waals surface area (Å²) < 4.78 is 0. The van der Waals surface area contributed by atoms with Gasteiger partial charge in [0.1, 0.15) is 5.84 Å². The summed E-state index contributed by atoms with van der Waals surface area (Å²) in [5, 5.41) is 8.73. The van der Waals surface area contributed by atoms with Crippen molar-refractivity contribution in [1.29, 1.82) is 5.41 Å². The summed E-state index contributed by atoms with van der Waals surface area (Å²) in [6.07, 6.45) is 3.17. The van der Waals surface area contributed by atoms with Crippen LogP contribution in [-0.4, -0.2) is 23.8 Å². The molecule has 1 aromatic carbocycles. The third-order valence-electron chi connectivity index (χ3n) is 2.77. The molecule has 0 bridgehead atoms. The highest BCUT2D eigenvalue weighted by Crippen LogP contribution is 2.13. The Morgan fingerprint density at radius 2 is 1.80 bits per heavy atom. The molecule has 2 nitrogen and oxygen atoms in total. The van der Waals surface area contributed by atoms with Crippen molar-refractivity contribution in [2.24, 2.45) is 0 Å². The fourth-order valence-electron chi connectivity index (χ4n) is 1.89. The second-order valence-corrected chi connectivity index (χ2v) is 4.38. The third-order valence-corrected chi connectivity index (χ3v) is 3.02. The molecule has 2 rings (SSSR count). The van der Waals surface area contributed by atoms with Gasteiger partial charge in [0, 0.05) is 24.5 Å². The predicted molar refractivity (Wildman–Crippen MR) is 63.7 cm³/mol. The van der Waals surface area contributed by atoms with Crippen molar-refractivity contribution >= 4 is 17.4 Å². The molecule has 0 amide bonds. The molecule has 1 fully saturated rings. The maximum atomic E-state index is 7.97. The van der Waals surface area contributed by atoms with Gasteiger partial charge >= 0.3 is 0 Å². The smallest absolute Gasteiger partial charge is 0.100 e. The average Bonchev–Trinajstić information content (AvgIpc) is 2.74. The summed E-state index contributed by atoms with van der Waals surface area (Å²) in [5.41, 5.74) is 1.16. The topological polar surface area (TPSA) is 27.1 Å². The van der Waals surface area contributed by atoms with Gasteiger partial charge in [-0.25, -0.2) is 0 Å². The van der Waals surface area contributed by atoms with Gasteiger partial charge in [-0.1, -0.05) is 23.7 Å². The van der Waals surface area contributed by atoms with Crippen molar-refractivity contribution in [2.45, 2.75) is 19.3 Å². The second-order valence-electron chi connectivity index (χ2n) is 3.94. The molecule has 0 spiro atoms. The van der Waals surface area contributed by atoms with Gasteiger partial charge < -0.3 is 4.90 Å². The lowest BCUT2D eigenvalue weighted by atomic mass is 10.1. The van der Waals surface area contributed by atoms with E-state index in [0.717, 1.165) is 35.9 Å². The first-order chi connectivity index (χ1) is 7.25. The number of nitrogens with one attached hydrogen (secondary N) is 1. The molecule has 0 aliphatic carbocycles. The lowest BCUT2D eigenvalue weighted by Gasteiger charge is -2.18. The molecule has 1 aromatic rings. The van der Waals surface area contributed by atoms with Gasteiger partial charge in [0.2, 0.25) is 0 Å². The van der Waals surface area contributed by atoms with Crippen LogP contribution in [0.5, 0.6) is 0 Å². The molecular formula is C12H15ClN2. The standard InChI is InChI=1S/C12H15ClN2/c13-11-5-3-10(4-6-11)9-12(14)15-7-1-2-8-15/h3-6,14H,1-2,7-9H2. The first-order valence-electron chi connectivity index (χ1n) is 5.32. The Kier molecular flexibility index (Phi) is 3.27. The van der Waals surface area contributed by atoms with E-state index in [2.05, 4.69) is 4.90 Å². The van der Waals surface area contributed by atoms with Gasteiger partial charge in [-0.15, -0.1) is 0 Å². The van der Waals surface area contributed by atoms with E-state index in [9.17, 15) is 0 Å². The summed E-state index contributed by atoms with van der Waals surface area (Å²) in [6.45, 7) is 2.10. The van der Waals surface area contributed by atoms with E-state index < -0.39 is 0 Å². The number of hydrogen-bond donors (Lipinski definition) is 1. The SMILES string of the molecule is N=C(Cc1ccc(Cl)cc1)N1CCCC1. The molecule has 3 heteroatoms. The average molecular weight is 223 g/mol. The van der Waals surface area contributed by atoms with Crippen molar-refractivity contribution in [3.05, 3.63) is 34.9 Å². The minimum atomic E-state index is 0.719. The molecular weight excluding hydrogens is 208 g/mol. The molecule has 0 unspecified atom stereocenters. The first kappa shape index (κ1) is 10.5. The summed E-state index contributed by atoms with van der Waals surface area (Å²) in [4.78, 5) is 2.16. The van der Waals surface area contributed by atoms with Crippen LogP contribution in [0.4, 0.5) is 0 Å². The van der Waals surface area contributed by atoms with Crippen LogP contribution < -0.4 is 0 Å². The Hall–Kier alpha value is -1.02. The van der Waals surface area contributed by atoms with Crippen LogP contribution in [0.25, 0.3) is 0 Å². The van der Waals surface area contributed by atoms with Crippen LogP contribution in [0.2, 0.25) is 5.02 Å². The van der Waals surface area contributed by atoms with Crippen LogP contribution in [0.15, 0.2) is 24.3 Å².